The standard InChI is InChI=1S/C11H15N3O2/c12-9-2-1-3-10(9)14-11(16)7-4-8(15)6-13-5-7/h4-6,9-10,15H,1-3,12H2,(H,14,16). The zero-order chi connectivity index (χ0) is 11.5. The molecule has 0 aliphatic heterocycles. The maximum Gasteiger partial charge on any atom is 0.253 e. The van der Waals surface area contributed by atoms with Gasteiger partial charge in [-0.25, -0.2) is 0 Å². The Hall–Kier alpha value is -1.62. The number of aromatic hydroxyl groups is 1. The van der Waals surface area contributed by atoms with Gasteiger partial charge in [0.25, 0.3) is 5.91 Å². The van der Waals surface area contributed by atoms with Crippen LogP contribution in [0.3, 0.4) is 0 Å². The van der Waals surface area contributed by atoms with Gasteiger partial charge < -0.3 is 16.2 Å². The van der Waals surface area contributed by atoms with Crippen molar-refractivity contribution in [2.24, 2.45) is 5.73 Å². The lowest BCUT2D eigenvalue weighted by Crippen LogP contribution is -2.43. The largest absolute Gasteiger partial charge is 0.506 e. The Bertz CT molecular complexity index is 395. The molecule has 1 saturated carbocycles. The molecule has 1 aliphatic carbocycles. The van der Waals surface area contributed by atoms with Gasteiger partial charge in [-0.1, -0.05) is 0 Å². The molecule has 86 valence electrons. The van der Waals surface area contributed by atoms with Crippen molar-refractivity contribution in [2.45, 2.75) is 31.3 Å². The Morgan fingerprint density at radius 2 is 2.31 bits per heavy atom. The molecule has 2 atom stereocenters. The molecule has 0 radical (unpaired) electrons. The van der Waals surface area contributed by atoms with Crippen molar-refractivity contribution in [1.82, 2.24) is 10.3 Å². The van der Waals surface area contributed by atoms with E-state index in [0.717, 1.165) is 19.3 Å². The summed E-state index contributed by atoms with van der Waals surface area (Å²) in [5.41, 5.74) is 6.22. The number of hydrogen-bond donors (Lipinski definition) is 3. The second-order valence-corrected chi connectivity index (χ2v) is 4.11. The lowest BCUT2D eigenvalue weighted by atomic mass is 10.1. The number of nitrogens with two attached hydrogens (primary N) is 1. The van der Waals surface area contributed by atoms with Crippen LogP contribution in [0, 0.1) is 0 Å². The fourth-order valence-electron chi connectivity index (χ4n) is 1.97. The third-order valence-corrected chi connectivity index (χ3v) is 2.87. The van der Waals surface area contributed by atoms with Crippen LogP contribution in [0.2, 0.25) is 0 Å². The number of nitrogens with zero attached hydrogens (tertiary/aromatic N) is 1. The van der Waals surface area contributed by atoms with Gasteiger partial charge in [-0.05, 0) is 25.3 Å². The van der Waals surface area contributed by atoms with Gasteiger partial charge in [0, 0.05) is 18.3 Å². The molecule has 2 rings (SSSR count). The number of carbonyl (C=O) groups excluding carboxylic acids is 1. The summed E-state index contributed by atoms with van der Waals surface area (Å²) < 4.78 is 0. The number of nitrogens with one attached hydrogen (secondary N) is 1. The molecular formula is C11H15N3O2. The van der Waals surface area contributed by atoms with Crippen molar-refractivity contribution < 1.29 is 9.90 Å². The molecule has 1 amide bonds. The van der Waals surface area contributed by atoms with E-state index in [1.807, 2.05) is 0 Å². The van der Waals surface area contributed by atoms with E-state index in [-0.39, 0.29) is 23.7 Å². The number of amides is 1. The van der Waals surface area contributed by atoms with Crippen LogP contribution in [0.25, 0.3) is 0 Å². The zero-order valence-electron chi connectivity index (χ0n) is 8.89. The van der Waals surface area contributed by atoms with Gasteiger partial charge in [-0.3, -0.25) is 9.78 Å². The molecular weight excluding hydrogens is 206 g/mol. The van der Waals surface area contributed by atoms with Gasteiger partial charge in [0.1, 0.15) is 5.75 Å². The first-order valence-corrected chi connectivity index (χ1v) is 5.37. The van der Waals surface area contributed by atoms with Crippen LogP contribution in [-0.2, 0) is 0 Å². The highest BCUT2D eigenvalue weighted by molar-refractivity contribution is 5.94. The van der Waals surface area contributed by atoms with E-state index in [1.54, 1.807) is 0 Å². The molecule has 0 aromatic carbocycles. The SMILES string of the molecule is NC1CCCC1NC(=O)c1cncc(O)c1. The average Bonchev–Trinajstić information content (AvgIpc) is 2.64. The fraction of sp³-hybridized carbons (Fsp3) is 0.455. The minimum absolute atomic E-state index is 0.0108. The van der Waals surface area contributed by atoms with E-state index in [4.69, 9.17) is 5.73 Å². The Morgan fingerprint density at radius 1 is 1.50 bits per heavy atom. The normalized spacial score (nSPS) is 24.3. The van der Waals surface area contributed by atoms with Crippen LogP contribution in [-0.4, -0.2) is 28.1 Å². The predicted molar refractivity (Wildman–Crippen MR) is 59.0 cm³/mol. The summed E-state index contributed by atoms with van der Waals surface area (Å²) in [5.74, 6) is -0.242. The van der Waals surface area contributed by atoms with E-state index in [0.29, 0.717) is 5.56 Å². The lowest BCUT2D eigenvalue weighted by molar-refractivity contribution is 0.0934. The summed E-state index contributed by atoms with van der Waals surface area (Å²) in [4.78, 5) is 15.5. The molecule has 1 fully saturated rings. The minimum atomic E-state index is -0.231. The van der Waals surface area contributed by atoms with Crippen LogP contribution in [0.5, 0.6) is 5.75 Å². The van der Waals surface area contributed by atoms with Crippen molar-refractivity contribution in [3.05, 3.63) is 24.0 Å². The topological polar surface area (TPSA) is 88.2 Å². The van der Waals surface area contributed by atoms with Crippen molar-refractivity contribution >= 4 is 5.91 Å². The highest BCUT2D eigenvalue weighted by Crippen LogP contribution is 2.18. The second-order valence-electron chi connectivity index (χ2n) is 4.11. The fourth-order valence-corrected chi connectivity index (χ4v) is 1.97. The molecule has 1 aliphatic rings. The summed E-state index contributed by atoms with van der Waals surface area (Å²) in [6, 6.07) is 1.46. The first-order valence-electron chi connectivity index (χ1n) is 5.37. The second kappa shape index (κ2) is 4.49. The Morgan fingerprint density at radius 3 is 2.94 bits per heavy atom. The lowest BCUT2D eigenvalue weighted by Gasteiger charge is -2.16. The highest BCUT2D eigenvalue weighted by atomic mass is 16.3. The molecule has 4 N–H and O–H groups in total. The van der Waals surface area contributed by atoms with Gasteiger partial charge in [0.2, 0.25) is 0 Å². The van der Waals surface area contributed by atoms with E-state index < -0.39 is 0 Å². The molecule has 5 heteroatoms. The summed E-state index contributed by atoms with van der Waals surface area (Å²) >= 11 is 0. The summed E-state index contributed by atoms with van der Waals surface area (Å²) in [7, 11) is 0. The highest BCUT2D eigenvalue weighted by Gasteiger charge is 2.25. The van der Waals surface area contributed by atoms with Gasteiger partial charge in [0.05, 0.1) is 11.8 Å². The third-order valence-electron chi connectivity index (χ3n) is 2.87. The van der Waals surface area contributed by atoms with Crippen molar-refractivity contribution in [3.63, 3.8) is 0 Å². The Kier molecular flexibility index (Phi) is 3.05. The van der Waals surface area contributed by atoms with Crippen LogP contribution in [0.4, 0.5) is 0 Å². The van der Waals surface area contributed by atoms with Gasteiger partial charge in [-0.15, -0.1) is 0 Å². The third kappa shape index (κ3) is 2.30. The van der Waals surface area contributed by atoms with Gasteiger partial charge >= 0.3 is 0 Å². The Balaban J connectivity index is 2.03. The Labute approximate surface area is 93.7 Å². The maximum atomic E-state index is 11.8. The maximum absolute atomic E-state index is 11.8. The van der Waals surface area contributed by atoms with Crippen molar-refractivity contribution in [2.75, 3.05) is 0 Å². The number of carbonyl (C=O) groups is 1. The minimum Gasteiger partial charge on any atom is -0.506 e. The van der Waals surface area contributed by atoms with Gasteiger partial charge in [-0.2, -0.15) is 0 Å². The quantitative estimate of drug-likeness (QED) is 0.674. The predicted octanol–water partition coefficient (Wildman–Crippen LogP) is 0.397. The van der Waals surface area contributed by atoms with Gasteiger partial charge in [0.15, 0.2) is 0 Å². The molecule has 0 spiro atoms. The molecule has 1 heterocycles. The van der Waals surface area contributed by atoms with Crippen LogP contribution < -0.4 is 11.1 Å². The molecule has 16 heavy (non-hydrogen) atoms. The number of aromatic nitrogens is 1. The first-order chi connectivity index (χ1) is 7.66. The number of rotatable bonds is 2. The van der Waals surface area contributed by atoms with E-state index >= 15 is 0 Å². The summed E-state index contributed by atoms with van der Waals surface area (Å²) in [6.45, 7) is 0. The van der Waals surface area contributed by atoms with Crippen LogP contribution in [0.1, 0.15) is 29.6 Å². The first kappa shape index (κ1) is 10.9. The molecule has 1 aromatic rings. The summed E-state index contributed by atoms with van der Waals surface area (Å²) in [6.07, 6.45) is 5.63. The molecule has 2 unspecified atom stereocenters. The number of pyridine rings is 1. The average molecular weight is 221 g/mol. The molecule has 0 bridgehead atoms. The molecule has 1 aromatic heterocycles. The monoisotopic (exact) mass is 221 g/mol. The summed E-state index contributed by atoms with van der Waals surface area (Å²) in [5, 5.41) is 12.1. The van der Waals surface area contributed by atoms with E-state index in [2.05, 4.69) is 10.3 Å². The van der Waals surface area contributed by atoms with Crippen molar-refractivity contribution in [3.8, 4) is 5.75 Å². The zero-order valence-corrected chi connectivity index (χ0v) is 8.89. The van der Waals surface area contributed by atoms with Crippen LogP contribution in [0.15, 0.2) is 18.5 Å². The van der Waals surface area contributed by atoms with E-state index in [1.165, 1.54) is 18.5 Å². The smallest absolute Gasteiger partial charge is 0.253 e. The van der Waals surface area contributed by atoms with E-state index in [9.17, 15) is 9.90 Å². The number of hydrogen-bond acceptors (Lipinski definition) is 4. The molecule has 0 saturated heterocycles. The van der Waals surface area contributed by atoms with Crippen molar-refractivity contribution in [1.29, 1.82) is 0 Å². The van der Waals surface area contributed by atoms with Crippen LogP contribution >= 0.6 is 0 Å². The molecule has 5 nitrogen and oxygen atoms in total.